The third-order valence-electron chi connectivity index (χ3n) is 6.09. The van der Waals surface area contributed by atoms with Gasteiger partial charge in [-0.05, 0) is 54.7 Å². The van der Waals surface area contributed by atoms with Crippen molar-refractivity contribution in [1.82, 2.24) is 9.78 Å². The summed E-state index contributed by atoms with van der Waals surface area (Å²) < 4.78 is 2.07. The molecular weight excluding hydrogens is 402 g/mol. The minimum atomic E-state index is 0.267. The number of hydrogen-bond acceptors (Lipinski definition) is 2. The Morgan fingerprint density at radius 1 is 0.839 bits per heavy atom. The van der Waals surface area contributed by atoms with E-state index in [1.165, 1.54) is 35.2 Å². The average molecular weight is 428 g/mol. The summed E-state index contributed by atoms with van der Waals surface area (Å²) in [5, 5.41) is 9.52. The largest absolute Gasteiger partial charge is 0.370 e. The number of nitrogens with one attached hydrogen (secondary N) is 1. The Hall–Kier alpha value is -3.04. The van der Waals surface area contributed by atoms with E-state index < -0.39 is 0 Å². The molecule has 0 saturated carbocycles. The second-order valence-corrected chi connectivity index (χ2v) is 8.56. The fraction of sp³-hybridized carbons (Fsp3) is 0.222. The number of hydrogen-bond donors (Lipinski definition) is 1. The van der Waals surface area contributed by atoms with E-state index in [0.29, 0.717) is 0 Å². The van der Waals surface area contributed by atoms with E-state index in [0.717, 1.165) is 35.9 Å². The third-order valence-corrected chi connectivity index (χ3v) is 6.34. The Bertz CT molecular complexity index is 1100. The van der Waals surface area contributed by atoms with Crippen molar-refractivity contribution >= 4 is 17.4 Å². The van der Waals surface area contributed by atoms with Crippen LogP contribution in [0.3, 0.4) is 0 Å². The van der Waals surface area contributed by atoms with E-state index in [4.69, 9.17) is 16.7 Å². The van der Waals surface area contributed by atoms with Crippen LogP contribution in [0.1, 0.15) is 41.1 Å². The van der Waals surface area contributed by atoms with E-state index in [2.05, 4.69) is 70.7 Å². The molecule has 156 valence electrons. The van der Waals surface area contributed by atoms with Crippen molar-refractivity contribution in [2.24, 2.45) is 0 Å². The quantitative estimate of drug-likeness (QED) is 0.386. The minimum absolute atomic E-state index is 0.267. The third kappa shape index (κ3) is 4.24. The first-order valence-corrected chi connectivity index (χ1v) is 11.4. The fourth-order valence-electron chi connectivity index (χ4n) is 4.50. The van der Waals surface area contributed by atoms with Crippen LogP contribution in [0.4, 0.5) is 5.82 Å². The van der Waals surface area contributed by atoms with Crippen LogP contribution in [-0.2, 0) is 12.8 Å². The minimum Gasteiger partial charge on any atom is -0.370 e. The van der Waals surface area contributed by atoms with Gasteiger partial charge in [-0.25, -0.2) is 4.68 Å². The molecule has 4 heteroatoms. The second-order valence-electron chi connectivity index (χ2n) is 8.12. The van der Waals surface area contributed by atoms with Crippen molar-refractivity contribution in [1.29, 1.82) is 0 Å². The second kappa shape index (κ2) is 8.99. The first-order chi connectivity index (χ1) is 15.3. The van der Waals surface area contributed by atoms with Crippen LogP contribution >= 0.6 is 11.6 Å². The highest BCUT2D eigenvalue weighted by atomic mass is 35.5. The summed E-state index contributed by atoms with van der Waals surface area (Å²) in [5.41, 5.74) is 6.22. The molecular formula is C27H26ClN3. The van der Waals surface area contributed by atoms with Crippen LogP contribution in [0.15, 0.2) is 84.9 Å². The van der Waals surface area contributed by atoms with Crippen LogP contribution < -0.4 is 5.32 Å². The van der Waals surface area contributed by atoms with Gasteiger partial charge in [0.25, 0.3) is 0 Å². The number of aromatic nitrogens is 2. The highest BCUT2D eigenvalue weighted by molar-refractivity contribution is 6.30. The maximum atomic E-state index is 6.13. The molecule has 31 heavy (non-hydrogen) atoms. The van der Waals surface area contributed by atoms with Crippen LogP contribution in [0.25, 0.3) is 5.69 Å². The molecule has 1 aromatic heterocycles. The highest BCUT2D eigenvalue weighted by Gasteiger charge is 2.24. The van der Waals surface area contributed by atoms with Gasteiger partial charge >= 0.3 is 0 Å². The Morgan fingerprint density at radius 3 is 2.13 bits per heavy atom. The number of nitrogens with zero attached hydrogens (tertiary/aromatic N) is 2. The number of fused-ring (bicyclic) bond motifs is 1. The number of rotatable bonds is 5. The van der Waals surface area contributed by atoms with E-state index in [1.54, 1.807) is 0 Å². The van der Waals surface area contributed by atoms with Crippen molar-refractivity contribution in [2.45, 2.75) is 31.6 Å². The topological polar surface area (TPSA) is 29.9 Å². The van der Waals surface area contributed by atoms with Crippen molar-refractivity contribution < 1.29 is 0 Å². The van der Waals surface area contributed by atoms with Gasteiger partial charge in [0, 0.05) is 29.5 Å². The molecule has 0 spiro atoms. The van der Waals surface area contributed by atoms with Gasteiger partial charge in [-0.1, -0.05) is 72.3 Å². The van der Waals surface area contributed by atoms with E-state index in [9.17, 15) is 0 Å². The summed E-state index contributed by atoms with van der Waals surface area (Å²) in [6, 6.07) is 29.5. The number of halogens is 1. The van der Waals surface area contributed by atoms with Gasteiger partial charge in [-0.3, -0.25) is 0 Å². The highest BCUT2D eigenvalue weighted by Crippen LogP contribution is 2.34. The summed E-state index contributed by atoms with van der Waals surface area (Å²) in [4.78, 5) is 0. The average Bonchev–Trinajstić information content (AvgIpc) is 2.98. The zero-order valence-electron chi connectivity index (χ0n) is 17.5. The fourth-order valence-corrected chi connectivity index (χ4v) is 4.62. The Labute approximate surface area is 188 Å². The first kappa shape index (κ1) is 19.9. The summed E-state index contributed by atoms with van der Waals surface area (Å²) in [6.45, 7) is 0.979. The predicted octanol–water partition coefficient (Wildman–Crippen LogP) is 6.65. The van der Waals surface area contributed by atoms with Gasteiger partial charge in [0.1, 0.15) is 5.82 Å². The monoisotopic (exact) mass is 427 g/mol. The lowest BCUT2D eigenvalue weighted by molar-refractivity contribution is 0.727. The lowest BCUT2D eigenvalue weighted by Crippen LogP contribution is -2.08. The molecule has 0 unspecified atom stereocenters. The van der Waals surface area contributed by atoms with E-state index >= 15 is 0 Å². The van der Waals surface area contributed by atoms with E-state index in [1.807, 2.05) is 24.3 Å². The number of benzene rings is 3. The molecule has 0 fully saturated rings. The molecule has 1 aliphatic rings. The zero-order valence-corrected chi connectivity index (χ0v) is 18.2. The van der Waals surface area contributed by atoms with Crippen LogP contribution in [0.5, 0.6) is 0 Å². The van der Waals surface area contributed by atoms with Gasteiger partial charge < -0.3 is 5.32 Å². The van der Waals surface area contributed by atoms with Gasteiger partial charge in [-0.2, -0.15) is 5.10 Å². The maximum absolute atomic E-state index is 6.13. The van der Waals surface area contributed by atoms with Crippen LogP contribution in [0, 0.1) is 0 Å². The Balaban J connectivity index is 1.59. The molecule has 0 amide bonds. The number of anilines is 1. The van der Waals surface area contributed by atoms with Crippen molar-refractivity contribution in [3.05, 3.63) is 112 Å². The van der Waals surface area contributed by atoms with Crippen LogP contribution in [-0.4, -0.2) is 16.3 Å². The van der Waals surface area contributed by atoms with Gasteiger partial charge in [0.15, 0.2) is 0 Å². The Morgan fingerprint density at radius 2 is 1.48 bits per heavy atom. The molecule has 0 bridgehead atoms. The zero-order chi connectivity index (χ0) is 21.0. The molecule has 0 radical (unpaired) electrons. The molecule has 4 aromatic rings. The van der Waals surface area contributed by atoms with Gasteiger partial charge in [0.05, 0.1) is 11.4 Å². The molecule has 3 aromatic carbocycles. The lowest BCUT2D eigenvalue weighted by Gasteiger charge is -2.18. The summed E-state index contributed by atoms with van der Waals surface area (Å²) >= 11 is 6.13. The SMILES string of the molecule is Clc1ccc(-n2nc(CC(c3ccccc3)c3ccccc3)c3c2NCCCC3)cc1. The molecule has 5 rings (SSSR count). The predicted molar refractivity (Wildman–Crippen MR) is 128 cm³/mol. The molecule has 0 aliphatic carbocycles. The van der Waals surface area contributed by atoms with Gasteiger partial charge in [0.2, 0.25) is 0 Å². The molecule has 3 nitrogen and oxygen atoms in total. The van der Waals surface area contributed by atoms with Crippen molar-refractivity contribution in [3.8, 4) is 5.69 Å². The van der Waals surface area contributed by atoms with E-state index in [-0.39, 0.29) is 5.92 Å². The molecule has 1 aliphatic heterocycles. The molecule has 2 heterocycles. The van der Waals surface area contributed by atoms with Gasteiger partial charge in [-0.15, -0.1) is 0 Å². The summed E-state index contributed by atoms with van der Waals surface area (Å²) in [5.74, 6) is 1.40. The van der Waals surface area contributed by atoms with Crippen molar-refractivity contribution in [3.63, 3.8) is 0 Å². The lowest BCUT2D eigenvalue weighted by atomic mass is 9.86. The molecule has 1 N–H and O–H groups in total. The van der Waals surface area contributed by atoms with Crippen LogP contribution in [0.2, 0.25) is 5.02 Å². The first-order valence-electron chi connectivity index (χ1n) is 11.0. The normalized spacial score (nSPS) is 13.5. The summed E-state index contributed by atoms with van der Waals surface area (Å²) in [6.07, 6.45) is 4.29. The smallest absolute Gasteiger partial charge is 0.133 e. The standard InChI is InChI=1S/C27H26ClN3/c28-22-14-16-23(17-15-22)31-27-24(13-7-8-18-29-27)26(30-31)19-25(20-9-3-1-4-10-20)21-11-5-2-6-12-21/h1-6,9-12,14-17,25,29H,7-8,13,18-19H2. The molecule has 0 saturated heterocycles. The maximum Gasteiger partial charge on any atom is 0.133 e. The summed E-state index contributed by atoms with van der Waals surface area (Å²) in [7, 11) is 0. The van der Waals surface area contributed by atoms with Crippen molar-refractivity contribution in [2.75, 3.05) is 11.9 Å². The molecule has 0 atom stereocenters. The Kier molecular flexibility index (Phi) is 5.77.